The summed E-state index contributed by atoms with van der Waals surface area (Å²) < 4.78 is 8.99. The van der Waals surface area contributed by atoms with Crippen molar-refractivity contribution in [2.45, 2.75) is 12.8 Å². The molecule has 0 heterocycles. The molecule has 9 nitrogen and oxygen atoms in total. The monoisotopic (exact) mass is 344 g/mol. The maximum absolute atomic E-state index is 11.8. The molecule has 1 aromatic carbocycles. The number of amides is 1. The van der Waals surface area contributed by atoms with Gasteiger partial charge in [0, 0.05) is 13.0 Å². The lowest BCUT2D eigenvalue weighted by atomic mass is 9.96. The third-order valence-corrected chi connectivity index (χ3v) is 3.12. The average Bonchev–Trinajstić information content (AvgIpc) is 2.48. The van der Waals surface area contributed by atoms with Crippen molar-refractivity contribution in [3.8, 4) is 0 Å². The Kier molecular flexibility index (Phi) is 6.02. The van der Waals surface area contributed by atoms with Gasteiger partial charge in [-0.2, -0.15) is 0 Å². The Hall–Kier alpha value is -2.68. The summed E-state index contributed by atoms with van der Waals surface area (Å²) in [4.78, 5) is 45.2. The molecule has 0 aliphatic carbocycles. The van der Waals surface area contributed by atoms with Gasteiger partial charge in [0.05, 0.1) is 35.4 Å². The summed E-state index contributed by atoms with van der Waals surface area (Å²) in [6.45, 7) is 1.20. The van der Waals surface area contributed by atoms with E-state index < -0.39 is 34.4 Å². The van der Waals surface area contributed by atoms with E-state index in [1.807, 2.05) is 0 Å². The second kappa shape index (κ2) is 7.54. The highest BCUT2D eigenvalue weighted by atomic mass is 35.5. The largest absolute Gasteiger partial charge is 0.468 e. The second-order valence-electron chi connectivity index (χ2n) is 4.31. The van der Waals surface area contributed by atoms with Crippen molar-refractivity contribution in [3.63, 3.8) is 0 Å². The van der Waals surface area contributed by atoms with Crippen LogP contribution >= 0.6 is 11.6 Å². The molecule has 10 heteroatoms. The molecular weight excluding hydrogens is 332 g/mol. The summed E-state index contributed by atoms with van der Waals surface area (Å²) >= 11 is 5.87. The van der Waals surface area contributed by atoms with Gasteiger partial charge in [0.15, 0.2) is 5.92 Å². The van der Waals surface area contributed by atoms with Crippen LogP contribution < -0.4 is 5.32 Å². The van der Waals surface area contributed by atoms with E-state index in [9.17, 15) is 24.5 Å². The summed E-state index contributed by atoms with van der Waals surface area (Å²) in [5, 5.41) is 13.4. The van der Waals surface area contributed by atoms with Crippen LogP contribution in [0.2, 0.25) is 5.02 Å². The molecule has 0 radical (unpaired) electrons. The number of methoxy groups -OCH3 is 2. The molecule has 0 aromatic heterocycles. The molecule has 1 amide bonds. The number of anilines is 1. The number of nitrogens with zero attached hydrogens (tertiary/aromatic N) is 1. The lowest BCUT2D eigenvalue weighted by molar-refractivity contribution is -0.385. The van der Waals surface area contributed by atoms with Crippen LogP contribution in [0.4, 0.5) is 11.4 Å². The predicted molar refractivity (Wildman–Crippen MR) is 79.2 cm³/mol. The van der Waals surface area contributed by atoms with E-state index in [1.165, 1.54) is 6.92 Å². The summed E-state index contributed by atoms with van der Waals surface area (Å²) in [7, 11) is 2.05. The third kappa shape index (κ3) is 4.16. The van der Waals surface area contributed by atoms with Gasteiger partial charge in [0.2, 0.25) is 5.91 Å². The van der Waals surface area contributed by atoms with Gasteiger partial charge in [0.1, 0.15) is 0 Å². The molecule has 0 bridgehead atoms. The standard InChI is InChI=1S/C13H13ClN2O7/c1-6(17)15-9-4-7(10(16(20)21)5-8(9)14)11(12(18)22-2)13(19)23-3/h4-5,11H,1-3H3,(H,15,17). The van der Waals surface area contributed by atoms with Gasteiger partial charge in [0.25, 0.3) is 5.69 Å². The number of hydrogen-bond acceptors (Lipinski definition) is 7. The Morgan fingerprint density at radius 2 is 1.74 bits per heavy atom. The van der Waals surface area contributed by atoms with Gasteiger partial charge >= 0.3 is 11.9 Å². The number of carbonyl (C=O) groups excluding carboxylic acids is 3. The SMILES string of the molecule is COC(=O)C(C(=O)OC)c1cc(NC(C)=O)c(Cl)cc1[N+](=O)[O-]. The first kappa shape index (κ1) is 18.4. The van der Waals surface area contributed by atoms with E-state index >= 15 is 0 Å². The van der Waals surface area contributed by atoms with Crippen LogP contribution in [0.5, 0.6) is 0 Å². The normalized spacial score (nSPS) is 10.1. The van der Waals surface area contributed by atoms with Gasteiger partial charge in [-0.15, -0.1) is 0 Å². The van der Waals surface area contributed by atoms with Crippen LogP contribution in [0.1, 0.15) is 18.4 Å². The molecule has 0 unspecified atom stereocenters. The Morgan fingerprint density at radius 3 is 2.13 bits per heavy atom. The number of nitro groups is 1. The van der Waals surface area contributed by atoms with Crippen LogP contribution in [-0.2, 0) is 23.9 Å². The summed E-state index contributed by atoms with van der Waals surface area (Å²) in [5.41, 5.74) is -0.871. The quantitative estimate of drug-likeness (QED) is 0.372. The number of halogens is 1. The van der Waals surface area contributed by atoms with Crippen molar-refractivity contribution in [2.24, 2.45) is 0 Å². The molecule has 0 aliphatic heterocycles. The van der Waals surface area contributed by atoms with Gasteiger partial charge < -0.3 is 14.8 Å². The summed E-state index contributed by atoms with van der Waals surface area (Å²) in [6, 6.07) is 2.00. The minimum Gasteiger partial charge on any atom is -0.468 e. The highest BCUT2D eigenvalue weighted by Gasteiger charge is 2.37. The molecule has 0 aliphatic rings. The maximum Gasteiger partial charge on any atom is 0.324 e. The molecule has 0 fully saturated rings. The first-order chi connectivity index (χ1) is 10.7. The van der Waals surface area contributed by atoms with Gasteiger partial charge in [-0.25, -0.2) is 0 Å². The molecule has 0 saturated heterocycles. The molecule has 1 aromatic rings. The first-order valence-corrected chi connectivity index (χ1v) is 6.51. The fourth-order valence-electron chi connectivity index (χ4n) is 1.84. The van der Waals surface area contributed by atoms with Crippen LogP contribution in [0.25, 0.3) is 0 Å². The van der Waals surface area contributed by atoms with Crippen LogP contribution in [-0.4, -0.2) is 37.0 Å². The maximum atomic E-state index is 11.8. The molecule has 1 N–H and O–H groups in total. The molecular formula is C13H13ClN2O7. The number of benzene rings is 1. The number of nitrogens with one attached hydrogen (secondary N) is 1. The fourth-order valence-corrected chi connectivity index (χ4v) is 2.05. The minimum absolute atomic E-state index is 0.0116. The number of carbonyl (C=O) groups is 3. The number of hydrogen-bond donors (Lipinski definition) is 1. The van der Waals surface area contributed by atoms with E-state index in [0.717, 1.165) is 26.4 Å². The molecule has 0 spiro atoms. The summed E-state index contributed by atoms with van der Waals surface area (Å²) in [5.74, 6) is -4.26. The van der Waals surface area contributed by atoms with Gasteiger partial charge in [-0.3, -0.25) is 24.5 Å². The van der Waals surface area contributed by atoms with Crippen LogP contribution in [0.15, 0.2) is 12.1 Å². The van der Waals surface area contributed by atoms with E-state index in [-0.39, 0.29) is 16.3 Å². The van der Waals surface area contributed by atoms with E-state index in [0.29, 0.717) is 0 Å². The highest BCUT2D eigenvalue weighted by Crippen LogP contribution is 2.36. The topological polar surface area (TPSA) is 125 Å². The minimum atomic E-state index is -1.69. The number of esters is 2. The van der Waals surface area contributed by atoms with E-state index in [1.54, 1.807) is 0 Å². The smallest absolute Gasteiger partial charge is 0.324 e. The Balaban J connectivity index is 3.61. The number of rotatable bonds is 5. The van der Waals surface area contributed by atoms with E-state index in [4.69, 9.17) is 11.6 Å². The van der Waals surface area contributed by atoms with Crippen molar-refractivity contribution >= 4 is 40.8 Å². The van der Waals surface area contributed by atoms with Crippen LogP contribution in [0.3, 0.4) is 0 Å². The number of nitro benzene ring substituents is 1. The van der Waals surface area contributed by atoms with Crippen molar-refractivity contribution < 1.29 is 28.8 Å². The molecule has 23 heavy (non-hydrogen) atoms. The van der Waals surface area contributed by atoms with Gasteiger partial charge in [-0.1, -0.05) is 11.6 Å². The van der Waals surface area contributed by atoms with Crippen molar-refractivity contribution in [2.75, 3.05) is 19.5 Å². The Labute approximate surface area is 135 Å². The highest BCUT2D eigenvalue weighted by molar-refractivity contribution is 6.34. The first-order valence-electron chi connectivity index (χ1n) is 6.14. The predicted octanol–water partition coefficient (Wildman–Crippen LogP) is 1.64. The Bertz CT molecular complexity index is 659. The molecule has 124 valence electrons. The lowest BCUT2D eigenvalue weighted by Gasteiger charge is -2.15. The molecule has 0 saturated carbocycles. The molecule has 1 rings (SSSR count). The van der Waals surface area contributed by atoms with Crippen molar-refractivity contribution in [1.29, 1.82) is 0 Å². The Morgan fingerprint density at radius 1 is 1.22 bits per heavy atom. The number of ether oxygens (including phenoxy) is 2. The van der Waals surface area contributed by atoms with Crippen LogP contribution in [0, 0.1) is 10.1 Å². The summed E-state index contributed by atoms with van der Waals surface area (Å²) in [6.07, 6.45) is 0. The third-order valence-electron chi connectivity index (χ3n) is 2.81. The zero-order valence-electron chi connectivity index (χ0n) is 12.4. The molecule has 0 atom stereocenters. The zero-order chi connectivity index (χ0) is 17.7. The second-order valence-corrected chi connectivity index (χ2v) is 4.72. The van der Waals surface area contributed by atoms with E-state index in [2.05, 4.69) is 14.8 Å². The zero-order valence-corrected chi connectivity index (χ0v) is 13.2. The van der Waals surface area contributed by atoms with Crippen molar-refractivity contribution in [1.82, 2.24) is 0 Å². The van der Waals surface area contributed by atoms with Crippen molar-refractivity contribution in [3.05, 3.63) is 32.8 Å². The average molecular weight is 345 g/mol. The lowest BCUT2D eigenvalue weighted by Crippen LogP contribution is -2.25. The fraction of sp³-hybridized carbons (Fsp3) is 0.308. The van der Waals surface area contributed by atoms with Gasteiger partial charge in [-0.05, 0) is 6.07 Å².